The molecular formula is C18H29ClN2. The fourth-order valence-electron chi connectivity index (χ4n) is 3.69. The Hall–Kier alpha value is -0.570. The van der Waals surface area contributed by atoms with Crippen LogP contribution in [0.1, 0.15) is 64.0 Å². The van der Waals surface area contributed by atoms with Crippen LogP contribution in [0.2, 0.25) is 5.02 Å². The molecule has 3 heteroatoms. The lowest BCUT2D eigenvalue weighted by Crippen LogP contribution is -2.46. The van der Waals surface area contributed by atoms with Crippen LogP contribution in [0.25, 0.3) is 0 Å². The van der Waals surface area contributed by atoms with E-state index in [1.165, 1.54) is 37.7 Å². The van der Waals surface area contributed by atoms with Crippen molar-refractivity contribution in [3.05, 3.63) is 34.9 Å². The van der Waals surface area contributed by atoms with Gasteiger partial charge in [0.25, 0.3) is 0 Å². The number of likely N-dealkylation sites (N-methyl/N-ethyl adjacent to an activating group) is 1. The lowest BCUT2D eigenvalue weighted by Gasteiger charge is -2.42. The number of hydrogen-bond acceptors (Lipinski definition) is 2. The number of nitrogens with two attached hydrogens (primary N) is 1. The largest absolute Gasteiger partial charge is 0.326 e. The zero-order valence-electron chi connectivity index (χ0n) is 13.4. The average molecular weight is 309 g/mol. The van der Waals surface area contributed by atoms with Crippen molar-refractivity contribution >= 4 is 11.6 Å². The van der Waals surface area contributed by atoms with Gasteiger partial charge in [-0.25, -0.2) is 0 Å². The summed E-state index contributed by atoms with van der Waals surface area (Å²) in [6.45, 7) is 5.49. The first-order chi connectivity index (χ1) is 10.2. The summed E-state index contributed by atoms with van der Waals surface area (Å²) in [5, 5.41) is 0.806. The Bertz CT molecular complexity index is 429. The van der Waals surface area contributed by atoms with Crippen LogP contribution in [0.5, 0.6) is 0 Å². The molecule has 0 bridgehead atoms. The Morgan fingerprint density at radius 1 is 1.24 bits per heavy atom. The van der Waals surface area contributed by atoms with Gasteiger partial charge in [-0.3, -0.25) is 4.90 Å². The molecule has 0 radical (unpaired) electrons. The van der Waals surface area contributed by atoms with Crippen molar-refractivity contribution in [1.29, 1.82) is 0 Å². The summed E-state index contributed by atoms with van der Waals surface area (Å²) in [6, 6.07) is 9.36. The minimum atomic E-state index is 0.158. The summed E-state index contributed by atoms with van der Waals surface area (Å²) in [7, 11) is 0. The Kier molecular flexibility index (Phi) is 6.53. The van der Waals surface area contributed by atoms with E-state index in [2.05, 4.69) is 30.9 Å². The molecule has 2 atom stereocenters. The second kappa shape index (κ2) is 8.17. The number of hydrogen-bond donors (Lipinski definition) is 1. The zero-order chi connectivity index (χ0) is 15.2. The molecule has 1 aromatic carbocycles. The Morgan fingerprint density at radius 2 is 1.95 bits per heavy atom. The average Bonchev–Trinajstić information content (AvgIpc) is 2.52. The molecule has 1 aromatic rings. The van der Waals surface area contributed by atoms with Crippen molar-refractivity contribution in [2.24, 2.45) is 5.73 Å². The van der Waals surface area contributed by atoms with Crippen molar-refractivity contribution in [2.45, 2.75) is 70.5 Å². The highest BCUT2D eigenvalue weighted by atomic mass is 35.5. The molecule has 2 unspecified atom stereocenters. The predicted molar refractivity (Wildman–Crippen MR) is 91.7 cm³/mol. The molecule has 0 aromatic heterocycles. The van der Waals surface area contributed by atoms with E-state index in [-0.39, 0.29) is 12.1 Å². The molecular weight excluding hydrogens is 280 g/mol. The Morgan fingerprint density at radius 3 is 2.52 bits per heavy atom. The Balaban J connectivity index is 2.28. The SMILES string of the molecule is CCC(N)C(c1cccc(Cl)c1)N(CC)C1CCCCC1. The third kappa shape index (κ3) is 4.21. The van der Waals surface area contributed by atoms with E-state index < -0.39 is 0 Å². The van der Waals surface area contributed by atoms with Gasteiger partial charge in [-0.05, 0) is 43.5 Å². The van der Waals surface area contributed by atoms with Crippen LogP contribution in [0, 0.1) is 0 Å². The van der Waals surface area contributed by atoms with Gasteiger partial charge in [0.1, 0.15) is 0 Å². The van der Waals surface area contributed by atoms with E-state index in [1.807, 2.05) is 12.1 Å². The standard InChI is InChI=1S/C18H29ClN2/c1-3-17(20)18(14-9-8-10-15(19)13-14)21(4-2)16-11-6-5-7-12-16/h8-10,13,16-18H,3-7,11-12,20H2,1-2H3. The van der Waals surface area contributed by atoms with Crippen molar-refractivity contribution in [2.75, 3.05) is 6.54 Å². The second-order valence-electron chi connectivity index (χ2n) is 6.19. The van der Waals surface area contributed by atoms with Crippen LogP contribution >= 0.6 is 11.6 Å². The van der Waals surface area contributed by atoms with Crippen molar-refractivity contribution in [1.82, 2.24) is 4.90 Å². The molecule has 1 aliphatic rings. The lowest BCUT2D eigenvalue weighted by atomic mass is 9.89. The molecule has 1 saturated carbocycles. The van der Waals surface area contributed by atoms with Gasteiger partial charge in [-0.1, -0.05) is 56.8 Å². The van der Waals surface area contributed by atoms with E-state index in [9.17, 15) is 0 Å². The van der Waals surface area contributed by atoms with Crippen LogP contribution < -0.4 is 5.73 Å². The fourth-order valence-corrected chi connectivity index (χ4v) is 3.89. The smallest absolute Gasteiger partial charge is 0.0502 e. The quantitative estimate of drug-likeness (QED) is 0.820. The number of rotatable bonds is 6. The summed E-state index contributed by atoms with van der Waals surface area (Å²) in [6.07, 6.45) is 7.69. The minimum Gasteiger partial charge on any atom is -0.326 e. The van der Waals surface area contributed by atoms with Gasteiger partial charge in [0.05, 0.1) is 6.04 Å². The van der Waals surface area contributed by atoms with Gasteiger partial charge in [-0.2, -0.15) is 0 Å². The van der Waals surface area contributed by atoms with Crippen molar-refractivity contribution in [3.8, 4) is 0 Å². The van der Waals surface area contributed by atoms with Gasteiger partial charge in [-0.15, -0.1) is 0 Å². The molecule has 0 amide bonds. The minimum absolute atomic E-state index is 0.158. The topological polar surface area (TPSA) is 29.3 Å². The van der Waals surface area contributed by atoms with Crippen LogP contribution in [0.15, 0.2) is 24.3 Å². The third-order valence-corrected chi connectivity index (χ3v) is 5.07. The second-order valence-corrected chi connectivity index (χ2v) is 6.63. The third-order valence-electron chi connectivity index (χ3n) is 4.83. The van der Waals surface area contributed by atoms with E-state index >= 15 is 0 Å². The highest BCUT2D eigenvalue weighted by molar-refractivity contribution is 6.30. The summed E-state index contributed by atoms with van der Waals surface area (Å²) in [5.74, 6) is 0. The van der Waals surface area contributed by atoms with E-state index in [0.717, 1.165) is 18.0 Å². The molecule has 0 saturated heterocycles. The first-order valence-corrected chi connectivity index (χ1v) is 8.82. The van der Waals surface area contributed by atoms with Gasteiger partial charge in [0, 0.05) is 17.1 Å². The lowest BCUT2D eigenvalue weighted by molar-refractivity contribution is 0.0931. The maximum absolute atomic E-state index is 6.50. The van der Waals surface area contributed by atoms with Gasteiger partial charge >= 0.3 is 0 Å². The van der Waals surface area contributed by atoms with Gasteiger partial charge in [0.15, 0.2) is 0 Å². The Labute approximate surface area is 134 Å². The molecule has 2 rings (SSSR count). The molecule has 1 fully saturated rings. The molecule has 118 valence electrons. The van der Waals surface area contributed by atoms with E-state index in [1.54, 1.807) is 0 Å². The predicted octanol–water partition coefficient (Wildman–Crippen LogP) is 4.77. The summed E-state index contributed by atoms with van der Waals surface area (Å²) in [4.78, 5) is 2.62. The first-order valence-electron chi connectivity index (χ1n) is 8.44. The number of halogens is 1. The van der Waals surface area contributed by atoms with Crippen molar-refractivity contribution < 1.29 is 0 Å². The molecule has 0 heterocycles. The molecule has 21 heavy (non-hydrogen) atoms. The molecule has 2 N–H and O–H groups in total. The van der Waals surface area contributed by atoms with Gasteiger partial charge < -0.3 is 5.73 Å². The van der Waals surface area contributed by atoms with Gasteiger partial charge in [0.2, 0.25) is 0 Å². The maximum atomic E-state index is 6.50. The molecule has 0 spiro atoms. The fraction of sp³-hybridized carbons (Fsp3) is 0.667. The summed E-state index contributed by atoms with van der Waals surface area (Å²) in [5.41, 5.74) is 7.77. The van der Waals surface area contributed by atoms with Crippen LogP contribution in [-0.2, 0) is 0 Å². The first kappa shape index (κ1) is 16.8. The highest BCUT2D eigenvalue weighted by Gasteiger charge is 2.30. The summed E-state index contributed by atoms with van der Waals surface area (Å²) >= 11 is 6.21. The summed E-state index contributed by atoms with van der Waals surface area (Å²) < 4.78 is 0. The monoisotopic (exact) mass is 308 g/mol. The van der Waals surface area contributed by atoms with Crippen LogP contribution in [-0.4, -0.2) is 23.5 Å². The zero-order valence-corrected chi connectivity index (χ0v) is 14.1. The number of benzene rings is 1. The van der Waals surface area contributed by atoms with E-state index in [4.69, 9.17) is 17.3 Å². The van der Waals surface area contributed by atoms with E-state index in [0.29, 0.717) is 6.04 Å². The molecule has 0 aliphatic heterocycles. The van der Waals surface area contributed by atoms with Crippen LogP contribution in [0.4, 0.5) is 0 Å². The van der Waals surface area contributed by atoms with Crippen molar-refractivity contribution in [3.63, 3.8) is 0 Å². The maximum Gasteiger partial charge on any atom is 0.0502 e. The highest BCUT2D eigenvalue weighted by Crippen LogP contribution is 2.33. The molecule has 1 aliphatic carbocycles. The normalized spacial score (nSPS) is 19.7. The molecule has 2 nitrogen and oxygen atoms in total. The van der Waals surface area contributed by atoms with Crippen LogP contribution in [0.3, 0.4) is 0 Å². The number of nitrogens with zero attached hydrogens (tertiary/aromatic N) is 1.